The molecule has 1 aromatic heterocycles. The van der Waals surface area contributed by atoms with Crippen LogP contribution in [0.2, 0.25) is 0 Å². The van der Waals surface area contributed by atoms with E-state index in [9.17, 15) is 5.11 Å². The van der Waals surface area contributed by atoms with Gasteiger partial charge in [0.1, 0.15) is 5.82 Å². The van der Waals surface area contributed by atoms with Crippen LogP contribution in [0.4, 0.5) is 5.82 Å². The van der Waals surface area contributed by atoms with E-state index in [0.717, 1.165) is 41.9 Å². The first-order valence-corrected chi connectivity index (χ1v) is 7.49. The van der Waals surface area contributed by atoms with Crippen molar-refractivity contribution in [3.8, 4) is 0 Å². The molecule has 2 rings (SSSR count). The summed E-state index contributed by atoms with van der Waals surface area (Å²) in [5.74, 6) is 1.61. The maximum absolute atomic E-state index is 10.5. The van der Waals surface area contributed by atoms with Gasteiger partial charge in [-0.3, -0.25) is 0 Å². The summed E-state index contributed by atoms with van der Waals surface area (Å²) in [7, 11) is 0. The van der Waals surface area contributed by atoms with Crippen LogP contribution >= 0.6 is 15.9 Å². The number of pyridine rings is 1. The molecule has 2 N–H and O–H groups in total. The van der Waals surface area contributed by atoms with Crippen molar-refractivity contribution in [1.29, 1.82) is 0 Å². The van der Waals surface area contributed by atoms with E-state index in [1.54, 1.807) is 6.20 Å². The van der Waals surface area contributed by atoms with Gasteiger partial charge >= 0.3 is 0 Å². The smallest absolute Gasteiger partial charge is 0.140 e. The highest BCUT2D eigenvalue weighted by Gasteiger charge is 2.32. The zero-order valence-electron chi connectivity index (χ0n) is 10.8. The molecular weight excluding hydrogens is 292 g/mol. The lowest BCUT2D eigenvalue weighted by Crippen LogP contribution is -2.40. The standard InChI is InChI=1S/C14H21BrN2O/c1-2-11-5-7-14(18,8-6-11)10-17-13-12(15)4-3-9-16-13/h3-4,9,11,18H,2,5-8,10H2,1H3,(H,16,17). The highest BCUT2D eigenvalue weighted by Crippen LogP contribution is 2.34. The monoisotopic (exact) mass is 312 g/mol. The van der Waals surface area contributed by atoms with E-state index in [1.807, 2.05) is 12.1 Å². The van der Waals surface area contributed by atoms with Crippen LogP contribution in [0.25, 0.3) is 0 Å². The number of aliphatic hydroxyl groups is 1. The van der Waals surface area contributed by atoms with Crippen molar-refractivity contribution in [2.45, 2.75) is 44.6 Å². The van der Waals surface area contributed by atoms with Crippen LogP contribution in [0.5, 0.6) is 0 Å². The van der Waals surface area contributed by atoms with Crippen molar-refractivity contribution in [1.82, 2.24) is 4.98 Å². The molecule has 18 heavy (non-hydrogen) atoms. The van der Waals surface area contributed by atoms with Crippen LogP contribution in [-0.2, 0) is 0 Å². The Hall–Kier alpha value is -0.610. The van der Waals surface area contributed by atoms with Crippen molar-refractivity contribution in [3.63, 3.8) is 0 Å². The molecule has 0 bridgehead atoms. The molecule has 1 saturated carbocycles. The Balaban J connectivity index is 1.88. The summed E-state index contributed by atoms with van der Waals surface area (Å²) in [6.45, 7) is 2.82. The fraction of sp³-hybridized carbons (Fsp3) is 0.643. The van der Waals surface area contributed by atoms with Gasteiger partial charge in [-0.05, 0) is 59.7 Å². The summed E-state index contributed by atoms with van der Waals surface area (Å²) in [5.41, 5.74) is -0.567. The van der Waals surface area contributed by atoms with Crippen LogP contribution in [0, 0.1) is 5.92 Å². The fourth-order valence-electron chi connectivity index (χ4n) is 2.56. The minimum Gasteiger partial charge on any atom is -0.388 e. The summed E-state index contributed by atoms with van der Waals surface area (Å²) in [5, 5.41) is 13.8. The molecule has 0 aliphatic heterocycles. The normalized spacial score (nSPS) is 28.1. The Kier molecular flexibility index (Phi) is 4.62. The number of nitrogens with zero attached hydrogens (tertiary/aromatic N) is 1. The van der Waals surface area contributed by atoms with Crippen LogP contribution in [0.15, 0.2) is 22.8 Å². The van der Waals surface area contributed by atoms with Gasteiger partial charge in [-0.15, -0.1) is 0 Å². The van der Waals surface area contributed by atoms with Gasteiger partial charge in [-0.2, -0.15) is 0 Å². The summed E-state index contributed by atoms with van der Waals surface area (Å²) < 4.78 is 0.941. The summed E-state index contributed by atoms with van der Waals surface area (Å²) in [6.07, 6.45) is 7.04. The minimum absolute atomic E-state index is 0.567. The average molecular weight is 313 g/mol. The third-order valence-corrected chi connectivity index (χ3v) is 4.60. The predicted molar refractivity (Wildman–Crippen MR) is 77.6 cm³/mol. The Morgan fingerprint density at radius 1 is 1.50 bits per heavy atom. The number of nitrogens with one attached hydrogen (secondary N) is 1. The van der Waals surface area contributed by atoms with Crippen molar-refractivity contribution in [2.24, 2.45) is 5.92 Å². The lowest BCUT2D eigenvalue weighted by atomic mass is 9.78. The van der Waals surface area contributed by atoms with Crippen molar-refractivity contribution in [3.05, 3.63) is 22.8 Å². The van der Waals surface area contributed by atoms with E-state index < -0.39 is 5.60 Å². The summed E-state index contributed by atoms with van der Waals surface area (Å²) >= 11 is 3.45. The molecule has 0 unspecified atom stereocenters. The summed E-state index contributed by atoms with van der Waals surface area (Å²) in [4.78, 5) is 4.26. The van der Waals surface area contributed by atoms with E-state index in [0.29, 0.717) is 6.54 Å². The molecule has 0 radical (unpaired) electrons. The van der Waals surface area contributed by atoms with Gasteiger partial charge in [-0.1, -0.05) is 13.3 Å². The first-order chi connectivity index (χ1) is 8.63. The number of rotatable bonds is 4. The molecule has 1 aromatic rings. The van der Waals surface area contributed by atoms with E-state index in [-0.39, 0.29) is 0 Å². The lowest BCUT2D eigenvalue weighted by Gasteiger charge is -2.36. The first kappa shape index (κ1) is 13.8. The molecule has 1 heterocycles. The van der Waals surface area contributed by atoms with Crippen molar-refractivity contribution in [2.75, 3.05) is 11.9 Å². The Morgan fingerprint density at radius 2 is 2.22 bits per heavy atom. The largest absolute Gasteiger partial charge is 0.388 e. The van der Waals surface area contributed by atoms with Crippen LogP contribution in [0.3, 0.4) is 0 Å². The second-order valence-corrected chi connectivity index (χ2v) is 6.12. The third-order valence-electron chi connectivity index (χ3n) is 3.96. The van der Waals surface area contributed by atoms with Gasteiger partial charge in [0, 0.05) is 12.7 Å². The van der Waals surface area contributed by atoms with Crippen LogP contribution in [0.1, 0.15) is 39.0 Å². The fourth-order valence-corrected chi connectivity index (χ4v) is 2.96. The highest BCUT2D eigenvalue weighted by atomic mass is 79.9. The number of hydrogen-bond donors (Lipinski definition) is 2. The van der Waals surface area contributed by atoms with Gasteiger partial charge in [0.2, 0.25) is 0 Å². The first-order valence-electron chi connectivity index (χ1n) is 6.70. The molecule has 0 spiro atoms. The molecule has 3 nitrogen and oxygen atoms in total. The maximum Gasteiger partial charge on any atom is 0.140 e. The van der Waals surface area contributed by atoms with Gasteiger partial charge in [-0.25, -0.2) is 4.98 Å². The van der Waals surface area contributed by atoms with Crippen LogP contribution < -0.4 is 5.32 Å². The molecule has 0 aromatic carbocycles. The minimum atomic E-state index is -0.567. The number of hydrogen-bond acceptors (Lipinski definition) is 3. The second-order valence-electron chi connectivity index (χ2n) is 5.26. The lowest BCUT2D eigenvalue weighted by molar-refractivity contribution is 0.00222. The molecule has 1 fully saturated rings. The van der Waals surface area contributed by atoms with Gasteiger partial charge in [0.15, 0.2) is 0 Å². The third kappa shape index (κ3) is 3.45. The molecule has 1 aliphatic rings. The Labute approximate surface area is 117 Å². The molecule has 0 saturated heterocycles. The van der Waals surface area contributed by atoms with E-state index >= 15 is 0 Å². The van der Waals surface area contributed by atoms with E-state index in [1.165, 1.54) is 6.42 Å². The van der Waals surface area contributed by atoms with Crippen LogP contribution in [-0.4, -0.2) is 22.2 Å². The second kappa shape index (κ2) is 6.02. The van der Waals surface area contributed by atoms with Gasteiger partial charge < -0.3 is 10.4 Å². The summed E-state index contributed by atoms with van der Waals surface area (Å²) in [6, 6.07) is 3.84. The van der Waals surface area contributed by atoms with Gasteiger partial charge in [0.25, 0.3) is 0 Å². The van der Waals surface area contributed by atoms with Gasteiger partial charge in [0.05, 0.1) is 10.1 Å². The molecule has 4 heteroatoms. The van der Waals surface area contributed by atoms with Crippen molar-refractivity contribution < 1.29 is 5.11 Å². The maximum atomic E-state index is 10.5. The van der Waals surface area contributed by atoms with E-state index in [4.69, 9.17) is 0 Å². The quantitative estimate of drug-likeness (QED) is 0.893. The molecule has 100 valence electrons. The molecular formula is C14H21BrN2O. The zero-order chi connectivity index (χ0) is 13.0. The number of anilines is 1. The number of halogens is 1. The predicted octanol–water partition coefficient (Wildman–Crippen LogP) is 3.59. The SMILES string of the molecule is CCC1CCC(O)(CNc2ncccc2Br)CC1. The molecule has 1 aliphatic carbocycles. The topological polar surface area (TPSA) is 45.1 Å². The highest BCUT2D eigenvalue weighted by molar-refractivity contribution is 9.10. The van der Waals surface area contributed by atoms with E-state index in [2.05, 4.69) is 33.2 Å². The Morgan fingerprint density at radius 3 is 2.83 bits per heavy atom. The molecule has 0 amide bonds. The average Bonchev–Trinajstić information content (AvgIpc) is 2.39. The van der Waals surface area contributed by atoms with Crippen molar-refractivity contribution >= 4 is 21.7 Å². The number of aromatic nitrogens is 1. The zero-order valence-corrected chi connectivity index (χ0v) is 12.4. The molecule has 0 atom stereocenters. The Bertz CT molecular complexity index is 389.